The van der Waals surface area contributed by atoms with E-state index in [1.807, 2.05) is 11.0 Å². The van der Waals surface area contributed by atoms with Crippen molar-refractivity contribution < 1.29 is 13.6 Å². The van der Waals surface area contributed by atoms with Gasteiger partial charge in [0.25, 0.3) is 11.8 Å². The second-order valence-electron chi connectivity index (χ2n) is 7.09. The van der Waals surface area contributed by atoms with Crippen molar-refractivity contribution in [2.75, 3.05) is 31.1 Å². The van der Waals surface area contributed by atoms with Gasteiger partial charge in [0.15, 0.2) is 0 Å². The fourth-order valence-electron chi connectivity index (χ4n) is 4.01. The molecule has 0 bridgehead atoms. The van der Waals surface area contributed by atoms with Gasteiger partial charge in [-0.05, 0) is 30.7 Å². The maximum absolute atomic E-state index is 14.9. The minimum absolute atomic E-state index is 0.0600. The summed E-state index contributed by atoms with van der Waals surface area (Å²) in [6.07, 6.45) is 6.48. The Morgan fingerprint density at radius 1 is 1.00 bits per heavy atom. The van der Waals surface area contributed by atoms with E-state index in [0.717, 1.165) is 5.69 Å². The Morgan fingerprint density at radius 2 is 1.77 bits per heavy atom. The van der Waals surface area contributed by atoms with Gasteiger partial charge in [-0.25, -0.2) is 8.78 Å². The highest BCUT2D eigenvalue weighted by Gasteiger charge is 2.60. The lowest BCUT2D eigenvalue weighted by molar-refractivity contribution is -0.150. The topological polar surface area (TPSA) is 49.3 Å². The van der Waals surface area contributed by atoms with Crippen molar-refractivity contribution in [1.29, 1.82) is 0 Å². The maximum atomic E-state index is 14.9. The van der Waals surface area contributed by atoms with Gasteiger partial charge in [0.1, 0.15) is 0 Å². The molecule has 1 amide bonds. The highest BCUT2D eigenvalue weighted by molar-refractivity contribution is 5.94. The Balaban J connectivity index is 1.57. The Bertz CT molecular complexity index is 787. The average Bonchev–Trinajstić information content (AvgIpc) is 3.11. The lowest BCUT2D eigenvalue weighted by atomic mass is 9.75. The molecule has 2 aromatic rings. The number of nitrogens with zero attached hydrogens (tertiary/aromatic N) is 4. The van der Waals surface area contributed by atoms with Crippen LogP contribution in [0, 0.1) is 5.41 Å². The van der Waals surface area contributed by atoms with Gasteiger partial charge in [-0.1, -0.05) is 0 Å². The van der Waals surface area contributed by atoms with Crippen molar-refractivity contribution >= 4 is 11.6 Å². The fraction of sp³-hybridized carbons (Fsp3) is 0.421. The van der Waals surface area contributed by atoms with E-state index in [4.69, 9.17) is 0 Å². The highest BCUT2D eigenvalue weighted by Crippen LogP contribution is 2.50. The molecule has 2 aliphatic rings. The first kappa shape index (κ1) is 16.9. The molecule has 2 aromatic heterocycles. The van der Waals surface area contributed by atoms with Crippen LogP contribution >= 0.6 is 0 Å². The minimum atomic E-state index is -2.80. The van der Waals surface area contributed by atoms with Crippen LogP contribution in [0.5, 0.6) is 0 Å². The quantitative estimate of drug-likeness (QED) is 0.828. The van der Waals surface area contributed by atoms with Crippen LogP contribution in [0.4, 0.5) is 14.5 Å². The van der Waals surface area contributed by atoms with Crippen molar-refractivity contribution in [2.45, 2.75) is 18.8 Å². The van der Waals surface area contributed by atoms with Crippen LogP contribution in [-0.4, -0.2) is 52.9 Å². The molecule has 2 fully saturated rings. The van der Waals surface area contributed by atoms with E-state index in [0.29, 0.717) is 18.5 Å². The summed E-state index contributed by atoms with van der Waals surface area (Å²) in [6.45, 7) is 0.887. The van der Waals surface area contributed by atoms with E-state index >= 15 is 0 Å². The SMILES string of the molecule is O=C(c1cccnc1)N1CCC(F)(F)[C@@]2(CCN(c3cccnc3)C2)C1. The molecule has 2 aliphatic heterocycles. The molecule has 4 heterocycles. The number of anilines is 1. The predicted octanol–water partition coefficient (Wildman–Crippen LogP) is 2.85. The Morgan fingerprint density at radius 3 is 2.46 bits per heavy atom. The van der Waals surface area contributed by atoms with Crippen LogP contribution in [-0.2, 0) is 0 Å². The summed E-state index contributed by atoms with van der Waals surface area (Å²) in [5.41, 5.74) is 0.0600. The normalized spacial score (nSPS) is 24.8. The molecule has 0 saturated carbocycles. The van der Waals surface area contributed by atoms with E-state index in [1.165, 1.54) is 6.20 Å². The lowest BCUT2D eigenvalue weighted by Crippen LogP contribution is -2.58. The number of alkyl halides is 2. The van der Waals surface area contributed by atoms with Crippen molar-refractivity contribution in [2.24, 2.45) is 5.41 Å². The number of halogens is 2. The molecule has 1 spiro atoms. The zero-order valence-electron chi connectivity index (χ0n) is 14.3. The standard InChI is InChI=1S/C19H20F2N4O/c20-19(21)6-10-25(17(26)15-3-1-7-22-11-15)14-18(19)5-9-24(13-18)16-4-2-8-23-12-16/h1-4,7-8,11-12H,5-6,9-10,13-14H2/t18-/m1/s1. The number of hydrogen-bond donors (Lipinski definition) is 0. The fourth-order valence-corrected chi connectivity index (χ4v) is 4.01. The van der Waals surface area contributed by atoms with E-state index in [2.05, 4.69) is 9.97 Å². The summed E-state index contributed by atoms with van der Waals surface area (Å²) < 4.78 is 29.8. The molecule has 0 unspecified atom stereocenters. The zero-order valence-corrected chi connectivity index (χ0v) is 14.3. The molecule has 1 atom stereocenters. The second kappa shape index (κ2) is 6.30. The number of aromatic nitrogens is 2. The summed E-state index contributed by atoms with van der Waals surface area (Å²) in [5.74, 6) is -3.02. The number of piperidine rings is 1. The molecule has 5 nitrogen and oxygen atoms in total. The third-order valence-electron chi connectivity index (χ3n) is 5.53. The van der Waals surface area contributed by atoms with Crippen LogP contribution in [0.2, 0.25) is 0 Å². The first-order valence-corrected chi connectivity index (χ1v) is 8.73. The van der Waals surface area contributed by atoms with Gasteiger partial charge in [0, 0.05) is 51.2 Å². The molecular weight excluding hydrogens is 338 g/mol. The molecule has 2 saturated heterocycles. The van der Waals surface area contributed by atoms with Crippen LogP contribution in [0.3, 0.4) is 0 Å². The van der Waals surface area contributed by atoms with Crippen molar-refractivity contribution in [3.8, 4) is 0 Å². The summed E-state index contributed by atoms with van der Waals surface area (Å²) in [7, 11) is 0. The van der Waals surface area contributed by atoms with Crippen LogP contribution in [0.25, 0.3) is 0 Å². The van der Waals surface area contributed by atoms with Crippen molar-refractivity contribution in [3.05, 3.63) is 54.6 Å². The third kappa shape index (κ3) is 2.81. The molecule has 0 aliphatic carbocycles. The van der Waals surface area contributed by atoms with E-state index in [-0.39, 0.29) is 32.0 Å². The first-order valence-electron chi connectivity index (χ1n) is 8.73. The number of amides is 1. The molecule has 136 valence electrons. The Labute approximate surface area is 150 Å². The summed E-state index contributed by atoms with van der Waals surface area (Å²) in [4.78, 5) is 24.3. The Kier molecular flexibility index (Phi) is 4.09. The minimum Gasteiger partial charge on any atom is -0.369 e. The summed E-state index contributed by atoms with van der Waals surface area (Å²) in [6, 6.07) is 7.04. The monoisotopic (exact) mass is 358 g/mol. The molecule has 4 rings (SSSR count). The Hall–Kier alpha value is -2.57. The van der Waals surface area contributed by atoms with E-state index < -0.39 is 11.3 Å². The number of likely N-dealkylation sites (tertiary alicyclic amines) is 1. The first-order chi connectivity index (χ1) is 12.5. The molecular formula is C19H20F2N4O. The second-order valence-corrected chi connectivity index (χ2v) is 7.09. The molecule has 0 radical (unpaired) electrons. The van der Waals surface area contributed by atoms with Crippen LogP contribution < -0.4 is 4.90 Å². The number of pyridine rings is 2. The van der Waals surface area contributed by atoms with Gasteiger partial charge in [-0.2, -0.15) is 0 Å². The summed E-state index contributed by atoms with van der Waals surface area (Å²) >= 11 is 0. The predicted molar refractivity (Wildman–Crippen MR) is 93.2 cm³/mol. The maximum Gasteiger partial charge on any atom is 0.258 e. The molecule has 26 heavy (non-hydrogen) atoms. The zero-order chi connectivity index (χ0) is 18.2. The molecule has 0 N–H and O–H groups in total. The van der Waals surface area contributed by atoms with Gasteiger partial charge in [-0.3, -0.25) is 14.8 Å². The number of rotatable bonds is 2. The highest BCUT2D eigenvalue weighted by atomic mass is 19.3. The number of hydrogen-bond acceptors (Lipinski definition) is 4. The van der Waals surface area contributed by atoms with Gasteiger partial charge in [-0.15, -0.1) is 0 Å². The van der Waals surface area contributed by atoms with Crippen LogP contribution in [0.15, 0.2) is 49.1 Å². The largest absolute Gasteiger partial charge is 0.369 e. The van der Waals surface area contributed by atoms with Gasteiger partial charge in [0.2, 0.25) is 0 Å². The molecule has 7 heteroatoms. The van der Waals surface area contributed by atoms with E-state index in [9.17, 15) is 13.6 Å². The van der Waals surface area contributed by atoms with Gasteiger partial charge < -0.3 is 9.80 Å². The summed E-state index contributed by atoms with van der Waals surface area (Å²) in [5, 5.41) is 0. The van der Waals surface area contributed by atoms with Crippen molar-refractivity contribution in [3.63, 3.8) is 0 Å². The van der Waals surface area contributed by atoms with Crippen molar-refractivity contribution in [1.82, 2.24) is 14.9 Å². The number of carbonyl (C=O) groups is 1. The lowest BCUT2D eigenvalue weighted by Gasteiger charge is -2.46. The van der Waals surface area contributed by atoms with Gasteiger partial charge in [0.05, 0.1) is 22.9 Å². The average molecular weight is 358 g/mol. The van der Waals surface area contributed by atoms with Crippen LogP contribution in [0.1, 0.15) is 23.2 Å². The number of carbonyl (C=O) groups excluding carboxylic acids is 1. The molecule has 0 aromatic carbocycles. The third-order valence-corrected chi connectivity index (χ3v) is 5.53. The van der Waals surface area contributed by atoms with Gasteiger partial charge >= 0.3 is 0 Å². The smallest absolute Gasteiger partial charge is 0.258 e. The van der Waals surface area contributed by atoms with E-state index in [1.54, 1.807) is 41.7 Å².